The van der Waals surface area contributed by atoms with Crippen molar-refractivity contribution in [2.45, 2.75) is 4.90 Å². The van der Waals surface area contributed by atoms with Crippen LogP contribution in [0.25, 0.3) is 0 Å². The number of ketones is 1. The van der Waals surface area contributed by atoms with E-state index >= 15 is 0 Å². The van der Waals surface area contributed by atoms with E-state index in [9.17, 15) is 9.18 Å². The molecule has 18 heavy (non-hydrogen) atoms. The number of carbonyl (C=O) groups excluding carboxylic acids is 1. The Kier molecular flexibility index (Phi) is 4.39. The van der Waals surface area contributed by atoms with Gasteiger partial charge in [-0.1, -0.05) is 11.6 Å². The van der Waals surface area contributed by atoms with Crippen molar-refractivity contribution in [3.8, 4) is 0 Å². The van der Waals surface area contributed by atoms with Crippen LogP contribution < -0.4 is 0 Å². The Hall–Kier alpha value is -1.32. The number of rotatable bonds is 4. The topological polar surface area (TPSA) is 17.1 Å². The standard InChI is InChI=1S/C14H10ClFOS/c15-11-3-1-10(2-4-11)14(17)9-18-13-7-5-12(16)6-8-13/h1-8H,9H2. The summed E-state index contributed by atoms with van der Waals surface area (Å²) < 4.78 is 12.7. The third-order valence-electron chi connectivity index (χ3n) is 2.35. The van der Waals surface area contributed by atoms with Crippen LogP contribution in [0.15, 0.2) is 53.4 Å². The summed E-state index contributed by atoms with van der Waals surface area (Å²) in [5.74, 6) is 0.0807. The molecule has 0 N–H and O–H groups in total. The summed E-state index contributed by atoms with van der Waals surface area (Å²) in [6, 6.07) is 12.9. The first-order valence-corrected chi connectivity index (χ1v) is 6.68. The van der Waals surface area contributed by atoms with Gasteiger partial charge in [0.25, 0.3) is 0 Å². The van der Waals surface area contributed by atoms with Crippen molar-refractivity contribution in [1.82, 2.24) is 0 Å². The highest BCUT2D eigenvalue weighted by molar-refractivity contribution is 8.00. The van der Waals surface area contributed by atoms with Crippen molar-refractivity contribution in [1.29, 1.82) is 0 Å². The average Bonchev–Trinajstić information content (AvgIpc) is 2.38. The lowest BCUT2D eigenvalue weighted by molar-refractivity contribution is 0.102. The van der Waals surface area contributed by atoms with Gasteiger partial charge in [-0.3, -0.25) is 4.79 Å². The number of hydrogen-bond acceptors (Lipinski definition) is 2. The van der Waals surface area contributed by atoms with Gasteiger partial charge in [-0.2, -0.15) is 0 Å². The molecular formula is C14H10ClFOS. The van der Waals surface area contributed by atoms with Crippen LogP contribution in [0.4, 0.5) is 4.39 Å². The van der Waals surface area contributed by atoms with Gasteiger partial charge in [0, 0.05) is 15.5 Å². The molecular weight excluding hydrogens is 271 g/mol. The molecule has 1 nitrogen and oxygen atoms in total. The van der Waals surface area contributed by atoms with E-state index in [2.05, 4.69) is 0 Å². The van der Waals surface area contributed by atoms with Crippen LogP contribution >= 0.6 is 23.4 Å². The number of halogens is 2. The van der Waals surface area contributed by atoms with Crippen molar-refractivity contribution in [3.63, 3.8) is 0 Å². The molecule has 2 rings (SSSR count). The zero-order valence-electron chi connectivity index (χ0n) is 9.40. The SMILES string of the molecule is O=C(CSc1ccc(F)cc1)c1ccc(Cl)cc1. The number of carbonyl (C=O) groups is 1. The van der Waals surface area contributed by atoms with E-state index in [-0.39, 0.29) is 11.6 Å². The lowest BCUT2D eigenvalue weighted by atomic mass is 10.1. The highest BCUT2D eigenvalue weighted by Crippen LogP contribution is 2.20. The Labute approximate surface area is 114 Å². The molecule has 92 valence electrons. The molecule has 0 bridgehead atoms. The quantitative estimate of drug-likeness (QED) is 0.608. The number of benzene rings is 2. The fourth-order valence-electron chi connectivity index (χ4n) is 1.40. The first-order valence-electron chi connectivity index (χ1n) is 5.32. The highest BCUT2D eigenvalue weighted by Gasteiger charge is 2.06. The molecule has 0 aliphatic carbocycles. The summed E-state index contributed by atoms with van der Waals surface area (Å²) in [6.07, 6.45) is 0. The third kappa shape index (κ3) is 3.59. The Morgan fingerprint density at radius 3 is 2.28 bits per heavy atom. The molecule has 0 amide bonds. The van der Waals surface area contributed by atoms with Crippen molar-refractivity contribution in [3.05, 3.63) is 64.9 Å². The van der Waals surface area contributed by atoms with Crippen LogP contribution in [0.2, 0.25) is 5.02 Å². The van der Waals surface area contributed by atoms with Gasteiger partial charge in [0.2, 0.25) is 0 Å². The van der Waals surface area contributed by atoms with Crippen LogP contribution in [0.5, 0.6) is 0 Å². The van der Waals surface area contributed by atoms with Crippen molar-refractivity contribution in [2.75, 3.05) is 5.75 Å². The molecule has 0 aromatic heterocycles. The smallest absolute Gasteiger partial charge is 0.173 e. The van der Waals surface area contributed by atoms with E-state index in [0.717, 1.165) is 4.90 Å². The fraction of sp³-hybridized carbons (Fsp3) is 0.0714. The van der Waals surface area contributed by atoms with E-state index in [4.69, 9.17) is 11.6 Å². The minimum absolute atomic E-state index is 0.0287. The zero-order valence-corrected chi connectivity index (χ0v) is 11.0. The molecule has 0 heterocycles. The monoisotopic (exact) mass is 280 g/mol. The molecule has 0 unspecified atom stereocenters. The van der Waals surface area contributed by atoms with E-state index in [1.807, 2.05) is 0 Å². The van der Waals surface area contributed by atoms with E-state index < -0.39 is 0 Å². The largest absolute Gasteiger partial charge is 0.293 e. The molecule has 2 aromatic rings. The first kappa shape index (κ1) is 13.1. The molecule has 4 heteroatoms. The number of thioether (sulfide) groups is 1. The van der Waals surface area contributed by atoms with Gasteiger partial charge in [-0.05, 0) is 48.5 Å². The maximum Gasteiger partial charge on any atom is 0.173 e. The second-order valence-corrected chi connectivity index (χ2v) is 5.16. The number of Topliss-reactive ketones (excluding diaryl/α,β-unsaturated/α-hetero) is 1. The van der Waals surface area contributed by atoms with Gasteiger partial charge in [-0.25, -0.2) is 4.39 Å². The zero-order chi connectivity index (χ0) is 13.0. The Balaban J connectivity index is 1.96. The van der Waals surface area contributed by atoms with Gasteiger partial charge >= 0.3 is 0 Å². The minimum atomic E-state index is -0.275. The molecule has 0 atom stereocenters. The maximum atomic E-state index is 12.7. The molecule has 0 spiro atoms. The van der Waals surface area contributed by atoms with Crippen LogP contribution in [-0.2, 0) is 0 Å². The second-order valence-electron chi connectivity index (χ2n) is 3.67. The van der Waals surface area contributed by atoms with Gasteiger partial charge in [0.15, 0.2) is 5.78 Å². The Bertz CT molecular complexity index is 537. The van der Waals surface area contributed by atoms with Crippen molar-refractivity contribution >= 4 is 29.1 Å². The van der Waals surface area contributed by atoms with Gasteiger partial charge in [0.05, 0.1) is 5.75 Å². The lowest BCUT2D eigenvalue weighted by Crippen LogP contribution is -2.01. The van der Waals surface area contributed by atoms with Gasteiger partial charge in [-0.15, -0.1) is 11.8 Å². The van der Waals surface area contributed by atoms with E-state index in [0.29, 0.717) is 16.3 Å². The third-order valence-corrected chi connectivity index (χ3v) is 3.61. The summed E-state index contributed by atoms with van der Waals surface area (Å²) in [5, 5.41) is 0.609. The number of hydrogen-bond donors (Lipinski definition) is 0. The van der Waals surface area contributed by atoms with E-state index in [1.54, 1.807) is 36.4 Å². The van der Waals surface area contributed by atoms with Crippen LogP contribution in [0.3, 0.4) is 0 Å². The normalized spacial score (nSPS) is 10.3. The first-order chi connectivity index (χ1) is 8.65. The minimum Gasteiger partial charge on any atom is -0.293 e. The van der Waals surface area contributed by atoms with Crippen LogP contribution in [-0.4, -0.2) is 11.5 Å². The molecule has 2 aromatic carbocycles. The Morgan fingerprint density at radius 1 is 1.06 bits per heavy atom. The van der Waals surface area contributed by atoms with Crippen LogP contribution in [0, 0.1) is 5.82 Å². The molecule has 0 aliphatic rings. The summed E-state index contributed by atoms with van der Waals surface area (Å²) in [7, 11) is 0. The van der Waals surface area contributed by atoms with Gasteiger partial charge in [0.1, 0.15) is 5.82 Å². The van der Waals surface area contributed by atoms with E-state index in [1.165, 1.54) is 23.9 Å². The van der Waals surface area contributed by atoms with Crippen molar-refractivity contribution in [2.24, 2.45) is 0 Å². The predicted molar refractivity (Wildman–Crippen MR) is 72.9 cm³/mol. The molecule has 0 saturated carbocycles. The maximum absolute atomic E-state index is 12.7. The summed E-state index contributed by atoms with van der Waals surface area (Å²) in [6.45, 7) is 0. The lowest BCUT2D eigenvalue weighted by Gasteiger charge is -2.02. The van der Waals surface area contributed by atoms with Crippen LogP contribution in [0.1, 0.15) is 10.4 Å². The molecule has 0 saturated heterocycles. The summed E-state index contributed by atoms with van der Waals surface area (Å²) in [4.78, 5) is 12.7. The molecule has 0 aliphatic heterocycles. The van der Waals surface area contributed by atoms with Crippen molar-refractivity contribution < 1.29 is 9.18 Å². The summed E-state index contributed by atoms with van der Waals surface area (Å²) >= 11 is 7.14. The average molecular weight is 281 g/mol. The fourth-order valence-corrected chi connectivity index (χ4v) is 2.32. The molecule has 0 fully saturated rings. The predicted octanol–water partition coefficient (Wildman–Crippen LogP) is 4.45. The molecule has 0 radical (unpaired) electrons. The Morgan fingerprint density at radius 2 is 1.67 bits per heavy atom. The highest BCUT2D eigenvalue weighted by atomic mass is 35.5. The van der Waals surface area contributed by atoms with Gasteiger partial charge < -0.3 is 0 Å². The summed E-state index contributed by atoms with van der Waals surface area (Å²) in [5.41, 5.74) is 0.633. The second kappa shape index (κ2) is 6.03.